The normalized spacial score (nSPS) is 10.9. The van der Waals surface area contributed by atoms with Gasteiger partial charge in [-0.1, -0.05) is 42.0 Å². The summed E-state index contributed by atoms with van der Waals surface area (Å²) in [7, 11) is 0. The number of aromatic nitrogens is 2. The molecule has 1 heterocycles. The summed E-state index contributed by atoms with van der Waals surface area (Å²) in [4.78, 5) is 8.73. The zero-order chi connectivity index (χ0) is 13.9. The highest BCUT2D eigenvalue weighted by Gasteiger charge is 2.05. The van der Waals surface area contributed by atoms with Crippen molar-refractivity contribution in [2.45, 2.75) is 24.6 Å². The molecule has 0 aliphatic heterocycles. The average molecular weight is 280 g/mol. The number of fused-ring (bicyclic) bond motifs is 1. The van der Waals surface area contributed by atoms with Gasteiger partial charge in [0.2, 0.25) is 0 Å². The van der Waals surface area contributed by atoms with Crippen molar-refractivity contribution < 1.29 is 0 Å². The topological polar surface area (TPSA) is 25.8 Å². The summed E-state index contributed by atoms with van der Waals surface area (Å²) in [6.07, 6.45) is 1.65. The predicted molar refractivity (Wildman–Crippen MR) is 85.0 cm³/mol. The number of hydrogen-bond acceptors (Lipinski definition) is 3. The van der Waals surface area contributed by atoms with Crippen molar-refractivity contribution in [1.29, 1.82) is 0 Å². The first-order valence-corrected chi connectivity index (χ1v) is 7.61. The Hall–Kier alpha value is -1.87. The molecule has 0 spiro atoms. The molecule has 0 N–H and O–H groups in total. The molecule has 0 aliphatic rings. The first kappa shape index (κ1) is 13.1. The SMILES string of the molecule is Cc1ccc(C)c(CSc2ncnc3ccccc23)c1. The number of rotatable bonds is 3. The van der Waals surface area contributed by atoms with Crippen molar-refractivity contribution in [3.05, 3.63) is 65.5 Å². The lowest BCUT2D eigenvalue weighted by atomic mass is 10.1. The summed E-state index contributed by atoms with van der Waals surface area (Å²) in [5, 5.41) is 2.18. The van der Waals surface area contributed by atoms with E-state index in [0.29, 0.717) is 0 Å². The highest BCUT2D eigenvalue weighted by Crippen LogP contribution is 2.28. The summed E-state index contributed by atoms with van der Waals surface area (Å²) >= 11 is 1.77. The Balaban J connectivity index is 1.89. The first-order valence-electron chi connectivity index (χ1n) is 6.63. The molecule has 0 aliphatic carbocycles. The number of nitrogens with zero attached hydrogens (tertiary/aromatic N) is 2. The Morgan fingerprint density at radius 3 is 2.75 bits per heavy atom. The molecule has 3 aromatic rings. The molecule has 2 aromatic carbocycles. The van der Waals surface area contributed by atoms with Crippen LogP contribution in [0.5, 0.6) is 0 Å². The largest absolute Gasteiger partial charge is 0.236 e. The number of aryl methyl sites for hydroxylation is 2. The van der Waals surface area contributed by atoms with E-state index in [0.717, 1.165) is 21.7 Å². The summed E-state index contributed by atoms with van der Waals surface area (Å²) in [6, 6.07) is 14.8. The zero-order valence-corrected chi connectivity index (χ0v) is 12.4. The van der Waals surface area contributed by atoms with Gasteiger partial charge in [0.1, 0.15) is 11.4 Å². The second kappa shape index (κ2) is 5.63. The highest BCUT2D eigenvalue weighted by molar-refractivity contribution is 7.98. The maximum atomic E-state index is 4.43. The van der Waals surface area contributed by atoms with Crippen LogP contribution in [0.4, 0.5) is 0 Å². The molecule has 0 fully saturated rings. The van der Waals surface area contributed by atoms with Crippen molar-refractivity contribution in [2.75, 3.05) is 0 Å². The van der Waals surface area contributed by atoms with Crippen molar-refractivity contribution in [1.82, 2.24) is 9.97 Å². The quantitative estimate of drug-likeness (QED) is 0.520. The Labute approximate surface area is 123 Å². The van der Waals surface area contributed by atoms with Crippen LogP contribution in [-0.4, -0.2) is 9.97 Å². The molecule has 0 amide bonds. The molecule has 20 heavy (non-hydrogen) atoms. The van der Waals surface area contributed by atoms with Crippen molar-refractivity contribution >= 4 is 22.7 Å². The van der Waals surface area contributed by atoms with Crippen LogP contribution in [0.15, 0.2) is 53.8 Å². The third-order valence-corrected chi connectivity index (χ3v) is 4.43. The fourth-order valence-electron chi connectivity index (χ4n) is 2.20. The van der Waals surface area contributed by atoms with E-state index in [-0.39, 0.29) is 0 Å². The molecule has 2 nitrogen and oxygen atoms in total. The lowest BCUT2D eigenvalue weighted by Gasteiger charge is -2.08. The third-order valence-electron chi connectivity index (χ3n) is 3.38. The first-order chi connectivity index (χ1) is 9.74. The van der Waals surface area contributed by atoms with Gasteiger partial charge in [-0.05, 0) is 31.0 Å². The van der Waals surface area contributed by atoms with Gasteiger partial charge in [-0.15, -0.1) is 11.8 Å². The summed E-state index contributed by atoms with van der Waals surface area (Å²) in [5.41, 5.74) is 5.02. The lowest BCUT2D eigenvalue weighted by molar-refractivity contribution is 1.10. The molecule has 3 heteroatoms. The Bertz CT molecular complexity index is 748. The van der Waals surface area contributed by atoms with E-state index in [4.69, 9.17) is 0 Å². The summed E-state index contributed by atoms with van der Waals surface area (Å²) < 4.78 is 0. The summed E-state index contributed by atoms with van der Waals surface area (Å²) in [5.74, 6) is 0.939. The Kier molecular flexibility index (Phi) is 3.70. The van der Waals surface area contributed by atoms with Crippen LogP contribution >= 0.6 is 11.8 Å². The van der Waals surface area contributed by atoms with Crippen LogP contribution in [-0.2, 0) is 5.75 Å². The molecular weight excluding hydrogens is 264 g/mol. The highest BCUT2D eigenvalue weighted by atomic mass is 32.2. The number of hydrogen-bond donors (Lipinski definition) is 0. The molecule has 3 rings (SSSR count). The molecule has 0 saturated heterocycles. The molecule has 0 atom stereocenters. The van der Waals surface area contributed by atoms with Crippen molar-refractivity contribution in [3.63, 3.8) is 0 Å². The second-order valence-corrected chi connectivity index (χ2v) is 5.88. The molecule has 0 saturated carbocycles. The fraction of sp³-hybridized carbons (Fsp3) is 0.176. The van der Waals surface area contributed by atoms with Gasteiger partial charge in [0.15, 0.2) is 0 Å². The minimum atomic E-state index is 0.939. The minimum Gasteiger partial charge on any atom is -0.236 e. The molecule has 0 unspecified atom stereocenters. The maximum Gasteiger partial charge on any atom is 0.117 e. The van der Waals surface area contributed by atoms with Crippen LogP contribution in [0.25, 0.3) is 10.9 Å². The predicted octanol–water partition coefficient (Wildman–Crippen LogP) is 4.54. The smallest absolute Gasteiger partial charge is 0.117 e. The van der Waals surface area contributed by atoms with E-state index in [1.807, 2.05) is 18.2 Å². The minimum absolute atomic E-state index is 0.939. The van der Waals surface area contributed by atoms with Gasteiger partial charge in [0.05, 0.1) is 5.52 Å². The maximum absolute atomic E-state index is 4.43. The van der Waals surface area contributed by atoms with Gasteiger partial charge in [0, 0.05) is 11.1 Å². The van der Waals surface area contributed by atoms with Crippen LogP contribution in [0.2, 0.25) is 0 Å². The monoisotopic (exact) mass is 280 g/mol. The van der Waals surface area contributed by atoms with E-state index in [2.05, 4.69) is 48.1 Å². The molecule has 0 radical (unpaired) electrons. The van der Waals surface area contributed by atoms with Crippen LogP contribution < -0.4 is 0 Å². The van der Waals surface area contributed by atoms with Crippen molar-refractivity contribution in [2.24, 2.45) is 0 Å². The van der Waals surface area contributed by atoms with Gasteiger partial charge in [-0.2, -0.15) is 0 Å². The Morgan fingerprint density at radius 1 is 1.00 bits per heavy atom. The van der Waals surface area contributed by atoms with Gasteiger partial charge in [-0.25, -0.2) is 9.97 Å². The standard InChI is InChI=1S/C17H16N2S/c1-12-7-8-13(2)14(9-12)10-20-17-15-5-3-4-6-16(15)18-11-19-17/h3-9,11H,10H2,1-2H3. The van der Waals surface area contributed by atoms with Crippen molar-refractivity contribution in [3.8, 4) is 0 Å². The van der Waals surface area contributed by atoms with Crippen LogP contribution in [0.1, 0.15) is 16.7 Å². The van der Waals surface area contributed by atoms with E-state index in [1.165, 1.54) is 16.7 Å². The number of para-hydroxylation sites is 1. The molecule has 100 valence electrons. The average Bonchev–Trinajstić information content (AvgIpc) is 2.48. The van der Waals surface area contributed by atoms with E-state index in [1.54, 1.807) is 18.1 Å². The molecule has 1 aromatic heterocycles. The zero-order valence-electron chi connectivity index (χ0n) is 11.6. The Morgan fingerprint density at radius 2 is 1.85 bits per heavy atom. The number of benzene rings is 2. The van der Waals surface area contributed by atoms with E-state index >= 15 is 0 Å². The number of thioether (sulfide) groups is 1. The fourth-order valence-corrected chi connectivity index (χ4v) is 3.25. The van der Waals surface area contributed by atoms with Gasteiger partial charge >= 0.3 is 0 Å². The molecule has 0 bridgehead atoms. The lowest BCUT2D eigenvalue weighted by Crippen LogP contribution is -1.90. The van der Waals surface area contributed by atoms with Gasteiger partial charge in [0.25, 0.3) is 0 Å². The van der Waals surface area contributed by atoms with Gasteiger partial charge in [-0.3, -0.25) is 0 Å². The van der Waals surface area contributed by atoms with Crippen LogP contribution in [0.3, 0.4) is 0 Å². The van der Waals surface area contributed by atoms with Gasteiger partial charge < -0.3 is 0 Å². The summed E-state index contributed by atoms with van der Waals surface area (Å²) in [6.45, 7) is 4.29. The van der Waals surface area contributed by atoms with Crippen LogP contribution in [0, 0.1) is 13.8 Å². The third kappa shape index (κ3) is 2.68. The van der Waals surface area contributed by atoms with E-state index < -0.39 is 0 Å². The molecular formula is C17H16N2S. The van der Waals surface area contributed by atoms with E-state index in [9.17, 15) is 0 Å². The second-order valence-electron chi connectivity index (χ2n) is 4.91.